The standard InChI is InChI=1S/C9H10BrN5O2/c1-2-17-7(16)3-6-13-14-9-8(10)12-4-5(11)15(6)9/h4H,2-3,11H2,1H3. The van der Waals surface area contributed by atoms with E-state index in [1.54, 1.807) is 11.3 Å². The van der Waals surface area contributed by atoms with Crippen LogP contribution in [0.5, 0.6) is 0 Å². The first-order valence-corrected chi connectivity index (χ1v) is 5.72. The molecule has 8 heteroatoms. The van der Waals surface area contributed by atoms with E-state index < -0.39 is 0 Å². The van der Waals surface area contributed by atoms with Gasteiger partial charge in [-0.05, 0) is 22.9 Å². The van der Waals surface area contributed by atoms with Crippen LogP contribution in [-0.4, -0.2) is 32.2 Å². The molecule has 2 N–H and O–H groups in total. The lowest BCUT2D eigenvalue weighted by Crippen LogP contribution is -2.11. The number of carbonyl (C=O) groups is 1. The van der Waals surface area contributed by atoms with Gasteiger partial charge in [0.15, 0.2) is 10.3 Å². The molecule has 2 heterocycles. The highest BCUT2D eigenvalue weighted by molar-refractivity contribution is 9.10. The third-order valence-corrected chi connectivity index (χ3v) is 2.65. The molecule has 2 rings (SSSR count). The average molecular weight is 300 g/mol. The Balaban J connectivity index is 2.42. The van der Waals surface area contributed by atoms with E-state index in [0.29, 0.717) is 28.5 Å². The van der Waals surface area contributed by atoms with Gasteiger partial charge in [-0.1, -0.05) is 0 Å². The van der Waals surface area contributed by atoms with Crippen LogP contribution in [0.4, 0.5) is 5.82 Å². The van der Waals surface area contributed by atoms with Gasteiger partial charge in [0.1, 0.15) is 18.1 Å². The Morgan fingerprint density at radius 2 is 2.35 bits per heavy atom. The maximum Gasteiger partial charge on any atom is 0.313 e. The number of nitrogen functional groups attached to an aromatic ring is 1. The molecule has 7 nitrogen and oxygen atoms in total. The van der Waals surface area contributed by atoms with Crippen LogP contribution in [0.3, 0.4) is 0 Å². The fourth-order valence-electron chi connectivity index (χ4n) is 1.42. The first kappa shape index (κ1) is 11.8. The minimum Gasteiger partial charge on any atom is -0.466 e. The number of fused-ring (bicyclic) bond motifs is 1. The van der Waals surface area contributed by atoms with Gasteiger partial charge in [0.2, 0.25) is 0 Å². The molecule has 0 aliphatic heterocycles. The summed E-state index contributed by atoms with van der Waals surface area (Å²) in [6.07, 6.45) is 1.49. The summed E-state index contributed by atoms with van der Waals surface area (Å²) in [5, 5.41) is 7.81. The molecule has 0 bridgehead atoms. The third kappa shape index (κ3) is 2.21. The van der Waals surface area contributed by atoms with Crippen LogP contribution in [-0.2, 0) is 16.0 Å². The number of esters is 1. The molecule has 0 aliphatic rings. The highest BCUT2D eigenvalue weighted by atomic mass is 79.9. The van der Waals surface area contributed by atoms with Crippen molar-refractivity contribution in [3.8, 4) is 0 Å². The normalized spacial score (nSPS) is 10.7. The van der Waals surface area contributed by atoms with Gasteiger partial charge in [-0.3, -0.25) is 9.20 Å². The quantitative estimate of drug-likeness (QED) is 0.833. The van der Waals surface area contributed by atoms with Crippen LogP contribution in [0.1, 0.15) is 12.7 Å². The van der Waals surface area contributed by atoms with Crippen molar-refractivity contribution in [1.29, 1.82) is 0 Å². The molecule has 0 spiro atoms. The first-order valence-electron chi connectivity index (χ1n) is 4.93. The number of carbonyl (C=O) groups excluding carboxylic acids is 1. The molecular formula is C9H10BrN5O2. The number of rotatable bonds is 3. The van der Waals surface area contributed by atoms with E-state index in [-0.39, 0.29) is 12.4 Å². The number of hydrogen-bond acceptors (Lipinski definition) is 6. The van der Waals surface area contributed by atoms with Gasteiger partial charge in [0, 0.05) is 0 Å². The average Bonchev–Trinajstić information content (AvgIpc) is 2.69. The van der Waals surface area contributed by atoms with Crippen molar-refractivity contribution in [2.45, 2.75) is 13.3 Å². The Hall–Kier alpha value is -1.70. The Morgan fingerprint density at radius 1 is 1.59 bits per heavy atom. The van der Waals surface area contributed by atoms with Crippen LogP contribution in [0, 0.1) is 0 Å². The van der Waals surface area contributed by atoms with Crippen molar-refractivity contribution in [1.82, 2.24) is 19.6 Å². The number of aromatic nitrogens is 4. The molecule has 2 aromatic heterocycles. The monoisotopic (exact) mass is 299 g/mol. The molecule has 0 amide bonds. The van der Waals surface area contributed by atoms with Crippen molar-refractivity contribution in [2.75, 3.05) is 12.3 Å². The molecule has 0 saturated carbocycles. The van der Waals surface area contributed by atoms with Gasteiger partial charge in [0.25, 0.3) is 0 Å². The van der Waals surface area contributed by atoms with Crippen molar-refractivity contribution in [3.63, 3.8) is 0 Å². The summed E-state index contributed by atoms with van der Waals surface area (Å²) in [4.78, 5) is 15.4. The van der Waals surface area contributed by atoms with E-state index in [0.717, 1.165) is 0 Å². The predicted octanol–water partition coefficient (Wildman–Crippen LogP) is 0.575. The fourth-order valence-corrected chi connectivity index (χ4v) is 1.77. The largest absolute Gasteiger partial charge is 0.466 e. The maximum absolute atomic E-state index is 11.4. The lowest BCUT2D eigenvalue weighted by molar-refractivity contribution is -0.142. The molecule has 0 atom stereocenters. The van der Waals surface area contributed by atoms with Gasteiger partial charge < -0.3 is 10.5 Å². The third-order valence-electron chi connectivity index (χ3n) is 2.09. The smallest absolute Gasteiger partial charge is 0.313 e. The van der Waals surface area contributed by atoms with E-state index in [1.165, 1.54) is 6.20 Å². The van der Waals surface area contributed by atoms with Gasteiger partial charge in [0.05, 0.1) is 12.8 Å². The van der Waals surface area contributed by atoms with Crippen molar-refractivity contribution < 1.29 is 9.53 Å². The molecular weight excluding hydrogens is 290 g/mol. The zero-order valence-electron chi connectivity index (χ0n) is 9.05. The molecule has 90 valence electrons. The molecule has 2 aromatic rings. The number of hydrogen-bond donors (Lipinski definition) is 1. The molecule has 0 aliphatic carbocycles. The zero-order valence-corrected chi connectivity index (χ0v) is 10.6. The van der Waals surface area contributed by atoms with E-state index in [4.69, 9.17) is 10.5 Å². The Bertz CT molecular complexity index is 568. The van der Waals surface area contributed by atoms with Gasteiger partial charge in [-0.25, -0.2) is 4.98 Å². The van der Waals surface area contributed by atoms with Gasteiger partial charge in [-0.15, -0.1) is 10.2 Å². The first-order chi connectivity index (χ1) is 8.13. The zero-order chi connectivity index (χ0) is 12.4. The fraction of sp³-hybridized carbons (Fsp3) is 0.333. The van der Waals surface area contributed by atoms with Gasteiger partial charge in [-0.2, -0.15) is 0 Å². The Morgan fingerprint density at radius 3 is 3.06 bits per heavy atom. The molecule has 0 unspecified atom stereocenters. The maximum atomic E-state index is 11.4. The van der Waals surface area contributed by atoms with Crippen molar-refractivity contribution in [2.24, 2.45) is 0 Å². The lowest BCUT2D eigenvalue weighted by Gasteiger charge is -2.03. The molecule has 0 fully saturated rings. The highest BCUT2D eigenvalue weighted by Gasteiger charge is 2.15. The number of halogens is 1. The molecule has 0 aromatic carbocycles. The molecule has 17 heavy (non-hydrogen) atoms. The van der Waals surface area contributed by atoms with Crippen LogP contribution < -0.4 is 5.73 Å². The number of nitrogens with zero attached hydrogens (tertiary/aromatic N) is 4. The summed E-state index contributed by atoms with van der Waals surface area (Å²) in [7, 11) is 0. The summed E-state index contributed by atoms with van der Waals surface area (Å²) in [6, 6.07) is 0. The minimum atomic E-state index is -0.367. The summed E-state index contributed by atoms with van der Waals surface area (Å²) in [5.41, 5.74) is 6.24. The second-order valence-corrected chi connectivity index (χ2v) is 3.98. The minimum absolute atomic E-state index is 0.0235. The van der Waals surface area contributed by atoms with Gasteiger partial charge >= 0.3 is 5.97 Å². The van der Waals surface area contributed by atoms with Crippen LogP contribution in [0.15, 0.2) is 10.8 Å². The van der Waals surface area contributed by atoms with Crippen LogP contribution in [0.25, 0.3) is 5.65 Å². The summed E-state index contributed by atoms with van der Waals surface area (Å²) < 4.78 is 6.93. The Labute approximate surface area is 105 Å². The van der Waals surface area contributed by atoms with E-state index in [1.807, 2.05) is 0 Å². The number of nitrogens with two attached hydrogens (primary N) is 1. The topological polar surface area (TPSA) is 95.4 Å². The van der Waals surface area contributed by atoms with Crippen LogP contribution >= 0.6 is 15.9 Å². The predicted molar refractivity (Wildman–Crippen MR) is 63.2 cm³/mol. The highest BCUT2D eigenvalue weighted by Crippen LogP contribution is 2.17. The van der Waals surface area contributed by atoms with Crippen LogP contribution in [0.2, 0.25) is 0 Å². The summed E-state index contributed by atoms with van der Waals surface area (Å²) in [6.45, 7) is 2.07. The SMILES string of the molecule is CCOC(=O)Cc1nnc2c(Br)ncc(N)n12. The second-order valence-electron chi connectivity index (χ2n) is 3.23. The van der Waals surface area contributed by atoms with Crippen molar-refractivity contribution >= 4 is 33.4 Å². The number of anilines is 1. The van der Waals surface area contributed by atoms with E-state index >= 15 is 0 Å². The summed E-state index contributed by atoms with van der Waals surface area (Å²) >= 11 is 3.24. The van der Waals surface area contributed by atoms with E-state index in [9.17, 15) is 4.79 Å². The van der Waals surface area contributed by atoms with E-state index in [2.05, 4.69) is 31.1 Å². The summed E-state index contributed by atoms with van der Waals surface area (Å²) in [5.74, 6) is 0.431. The second kappa shape index (κ2) is 4.66. The Kier molecular flexibility index (Phi) is 3.23. The molecule has 0 radical (unpaired) electrons. The lowest BCUT2D eigenvalue weighted by atomic mass is 10.4. The molecule has 0 saturated heterocycles. The number of ether oxygens (including phenoxy) is 1. The van der Waals surface area contributed by atoms with Crippen molar-refractivity contribution in [3.05, 3.63) is 16.6 Å².